The molecule has 0 radical (unpaired) electrons. The number of anilines is 1. The van der Waals surface area contributed by atoms with E-state index in [-0.39, 0.29) is 43.5 Å². The number of methoxy groups -OCH3 is 1. The van der Waals surface area contributed by atoms with Crippen LogP contribution in [0.25, 0.3) is 11.4 Å². The van der Waals surface area contributed by atoms with Crippen LogP contribution in [0.15, 0.2) is 12.3 Å². The first-order valence-corrected chi connectivity index (χ1v) is 13.1. The molecule has 35 heavy (non-hydrogen) atoms. The Hall–Kier alpha value is -3.13. The van der Waals surface area contributed by atoms with Gasteiger partial charge >= 0.3 is 6.03 Å². The summed E-state index contributed by atoms with van der Waals surface area (Å²) in [7, 11) is -0.592. The number of aromatic nitrogens is 4. The van der Waals surface area contributed by atoms with E-state index < -0.39 is 16.1 Å². The molecular weight excluding hydrogens is 478 g/mol. The molecule has 4 rings (SSSR count). The van der Waals surface area contributed by atoms with Crippen LogP contribution < -0.4 is 14.2 Å². The van der Waals surface area contributed by atoms with Gasteiger partial charge in [-0.15, -0.1) is 10.2 Å². The van der Waals surface area contributed by atoms with Crippen molar-refractivity contribution in [2.75, 3.05) is 57.5 Å². The van der Waals surface area contributed by atoms with Crippen LogP contribution in [0.2, 0.25) is 0 Å². The van der Waals surface area contributed by atoms with Crippen LogP contribution in [0.4, 0.5) is 10.7 Å². The summed E-state index contributed by atoms with van der Waals surface area (Å²) in [5.41, 5.74) is 0.579. The van der Waals surface area contributed by atoms with Gasteiger partial charge in [-0.25, -0.2) is 18.2 Å². The van der Waals surface area contributed by atoms with E-state index in [9.17, 15) is 13.2 Å². The van der Waals surface area contributed by atoms with E-state index in [0.29, 0.717) is 36.2 Å². The Kier molecular flexibility index (Phi) is 7.31. The lowest BCUT2D eigenvalue weighted by Crippen LogP contribution is -2.53. The fraction of sp³-hybridized carbons (Fsp3) is 0.619. The molecule has 2 aliphatic rings. The van der Waals surface area contributed by atoms with Gasteiger partial charge in [-0.05, 0) is 26.3 Å². The minimum atomic E-state index is -3.85. The predicted molar refractivity (Wildman–Crippen MR) is 127 cm³/mol. The van der Waals surface area contributed by atoms with E-state index in [4.69, 9.17) is 14.2 Å². The summed E-state index contributed by atoms with van der Waals surface area (Å²) in [5, 5.41) is 8.39. The molecule has 2 aromatic heterocycles. The first kappa shape index (κ1) is 25.0. The zero-order chi connectivity index (χ0) is 25.2. The highest BCUT2D eigenvalue weighted by atomic mass is 32.2. The van der Waals surface area contributed by atoms with Gasteiger partial charge in [0.05, 0.1) is 30.6 Å². The number of hydrogen-bond acceptors (Lipinski definition) is 9. The smallest absolute Gasteiger partial charge is 0.320 e. The fourth-order valence-electron chi connectivity index (χ4n) is 4.21. The second-order valence-electron chi connectivity index (χ2n) is 8.52. The molecule has 2 aliphatic heterocycles. The molecular formula is C21H31N7O6S. The largest absolute Gasteiger partial charge is 0.485 e. The summed E-state index contributed by atoms with van der Waals surface area (Å²) in [6.45, 7) is 5.28. The number of urea groups is 1. The van der Waals surface area contributed by atoms with Gasteiger partial charge in [0.15, 0.2) is 11.6 Å². The molecule has 2 amide bonds. The van der Waals surface area contributed by atoms with Crippen LogP contribution in [-0.2, 0) is 14.8 Å². The standard InChI is InChI=1S/C21H31N7O6S/c1-5-33-19-17-16(6-8-22-19)18-23-24-20(28(18)15(12-32-4)13-34-17)25-35(30,31)11-10-27-14(2)7-9-26(3)21(27)29/h6,8,14-15H,5,7,9-13H2,1-4H3,(H,24,25)/t14-,15-/m0/s1. The summed E-state index contributed by atoms with van der Waals surface area (Å²) >= 11 is 0. The number of nitrogens with one attached hydrogen (secondary N) is 1. The SMILES string of the molecule is CCOc1nccc2c1OC[C@H](COC)n1c(NS(=O)(=O)CCN3C(=O)N(C)CC[C@@H]3C)nnc1-2. The molecule has 192 valence electrons. The molecule has 1 N–H and O–H groups in total. The zero-order valence-electron chi connectivity index (χ0n) is 20.3. The van der Waals surface area contributed by atoms with Crippen LogP contribution in [0.3, 0.4) is 0 Å². The summed E-state index contributed by atoms with van der Waals surface area (Å²) < 4.78 is 47.2. The molecule has 1 saturated heterocycles. The summed E-state index contributed by atoms with van der Waals surface area (Å²) in [4.78, 5) is 19.9. The maximum atomic E-state index is 13.0. The van der Waals surface area contributed by atoms with Crippen molar-refractivity contribution < 1.29 is 27.4 Å². The molecule has 4 heterocycles. The predicted octanol–water partition coefficient (Wildman–Crippen LogP) is 1.21. The quantitative estimate of drug-likeness (QED) is 0.528. The van der Waals surface area contributed by atoms with Gasteiger partial charge < -0.3 is 24.0 Å². The van der Waals surface area contributed by atoms with Crippen molar-refractivity contribution in [3.05, 3.63) is 12.3 Å². The van der Waals surface area contributed by atoms with Gasteiger partial charge in [0.1, 0.15) is 6.61 Å². The number of sulfonamides is 1. The van der Waals surface area contributed by atoms with Gasteiger partial charge in [-0.3, -0.25) is 9.29 Å². The minimum Gasteiger partial charge on any atom is -0.485 e. The molecule has 0 unspecified atom stereocenters. The minimum absolute atomic E-state index is 0.0360. The van der Waals surface area contributed by atoms with E-state index in [1.165, 1.54) is 0 Å². The van der Waals surface area contributed by atoms with Crippen LogP contribution in [-0.4, -0.2) is 103 Å². The Morgan fingerprint density at radius 3 is 2.86 bits per heavy atom. The highest BCUT2D eigenvalue weighted by molar-refractivity contribution is 7.92. The highest BCUT2D eigenvalue weighted by Crippen LogP contribution is 2.40. The number of hydrogen-bond donors (Lipinski definition) is 1. The third-order valence-corrected chi connectivity index (χ3v) is 7.28. The number of pyridine rings is 1. The summed E-state index contributed by atoms with van der Waals surface area (Å²) in [6, 6.07) is 1.09. The molecule has 0 spiro atoms. The first-order chi connectivity index (χ1) is 16.8. The van der Waals surface area contributed by atoms with Crippen molar-refractivity contribution in [3.63, 3.8) is 0 Å². The summed E-state index contributed by atoms with van der Waals surface area (Å²) in [6.07, 6.45) is 2.35. The lowest BCUT2D eigenvalue weighted by Gasteiger charge is -2.38. The van der Waals surface area contributed by atoms with E-state index >= 15 is 0 Å². The van der Waals surface area contributed by atoms with Crippen molar-refractivity contribution in [1.82, 2.24) is 29.5 Å². The average Bonchev–Trinajstić information content (AvgIpc) is 3.14. The number of amides is 2. The maximum Gasteiger partial charge on any atom is 0.320 e. The van der Waals surface area contributed by atoms with Crippen molar-refractivity contribution >= 4 is 22.0 Å². The van der Waals surface area contributed by atoms with Gasteiger partial charge in [-0.2, -0.15) is 0 Å². The van der Waals surface area contributed by atoms with Crippen LogP contribution in [0.5, 0.6) is 11.6 Å². The molecule has 1 fully saturated rings. The zero-order valence-corrected chi connectivity index (χ0v) is 21.1. The number of rotatable bonds is 9. The van der Waals surface area contributed by atoms with Gasteiger partial charge in [0.2, 0.25) is 16.0 Å². The Morgan fingerprint density at radius 2 is 2.11 bits per heavy atom. The van der Waals surface area contributed by atoms with E-state index in [0.717, 1.165) is 6.42 Å². The van der Waals surface area contributed by atoms with E-state index in [2.05, 4.69) is 19.9 Å². The Balaban J connectivity index is 1.61. The third kappa shape index (κ3) is 5.12. The van der Waals surface area contributed by atoms with Crippen LogP contribution >= 0.6 is 0 Å². The fourth-order valence-corrected chi connectivity index (χ4v) is 5.16. The second-order valence-corrected chi connectivity index (χ2v) is 10.4. The lowest BCUT2D eigenvalue weighted by molar-refractivity contribution is 0.118. The van der Waals surface area contributed by atoms with Crippen molar-refractivity contribution in [3.8, 4) is 23.0 Å². The van der Waals surface area contributed by atoms with Crippen molar-refractivity contribution in [2.24, 2.45) is 0 Å². The second kappa shape index (κ2) is 10.2. The molecule has 0 aliphatic carbocycles. The molecule has 2 atom stereocenters. The molecule has 2 aromatic rings. The lowest BCUT2D eigenvalue weighted by atomic mass is 10.1. The van der Waals surface area contributed by atoms with Crippen molar-refractivity contribution in [1.29, 1.82) is 0 Å². The molecule has 13 nitrogen and oxygen atoms in total. The molecule has 0 bridgehead atoms. The number of nitrogens with zero attached hydrogens (tertiary/aromatic N) is 6. The van der Waals surface area contributed by atoms with Crippen LogP contribution in [0, 0.1) is 0 Å². The van der Waals surface area contributed by atoms with E-state index in [1.807, 2.05) is 13.8 Å². The topological polar surface area (TPSA) is 141 Å². The molecule has 0 saturated carbocycles. The number of carbonyl (C=O) groups is 1. The average molecular weight is 510 g/mol. The van der Waals surface area contributed by atoms with Crippen molar-refractivity contribution in [2.45, 2.75) is 32.4 Å². The molecule has 0 aromatic carbocycles. The van der Waals surface area contributed by atoms with Gasteiger partial charge in [0, 0.05) is 39.5 Å². The van der Waals surface area contributed by atoms with E-state index in [1.54, 1.807) is 40.8 Å². The first-order valence-electron chi connectivity index (χ1n) is 11.5. The van der Waals surface area contributed by atoms with Gasteiger partial charge in [-0.1, -0.05) is 0 Å². The summed E-state index contributed by atoms with van der Waals surface area (Å²) in [5.74, 6) is 0.910. The number of fused-ring (bicyclic) bond motifs is 3. The maximum absolute atomic E-state index is 13.0. The van der Waals surface area contributed by atoms with Crippen LogP contribution in [0.1, 0.15) is 26.3 Å². The monoisotopic (exact) mass is 509 g/mol. The van der Waals surface area contributed by atoms with Gasteiger partial charge in [0.25, 0.3) is 5.88 Å². The number of ether oxygens (including phenoxy) is 3. The Morgan fingerprint density at radius 1 is 1.31 bits per heavy atom. The normalized spacial score (nSPS) is 20.1. The third-order valence-electron chi connectivity index (χ3n) is 6.07. The highest BCUT2D eigenvalue weighted by Gasteiger charge is 2.33. The number of carbonyl (C=O) groups excluding carboxylic acids is 1. The Bertz CT molecular complexity index is 1170. The molecule has 14 heteroatoms. The Labute approximate surface area is 204 Å².